The van der Waals surface area contributed by atoms with Gasteiger partial charge in [0.1, 0.15) is 0 Å². The van der Waals surface area contributed by atoms with Crippen LogP contribution in [0.15, 0.2) is 30.3 Å². The van der Waals surface area contributed by atoms with Crippen molar-refractivity contribution in [2.24, 2.45) is 0 Å². The van der Waals surface area contributed by atoms with E-state index in [9.17, 15) is 9.59 Å². The van der Waals surface area contributed by atoms with Crippen molar-refractivity contribution < 1.29 is 9.59 Å². The molecule has 2 fully saturated rings. The first kappa shape index (κ1) is 21.8. The summed E-state index contributed by atoms with van der Waals surface area (Å²) < 4.78 is 0. The smallest absolute Gasteiger partial charge is 0.224 e. The van der Waals surface area contributed by atoms with Crippen LogP contribution in [-0.4, -0.2) is 72.3 Å². The molecule has 1 atom stereocenters. The van der Waals surface area contributed by atoms with Crippen molar-refractivity contribution in [3.63, 3.8) is 0 Å². The normalized spacial score (nSPS) is 21.1. The van der Waals surface area contributed by atoms with Gasteiger partial charge in [-0.2, -0.15) is 0 Å². The third-order valence-electron chi connectivity index (χ3n) is 6.47. The summed E-state index contributed by atoms with van der Waals surface area (Å²) in [5.74, 6) is 0.401. The molecule has 0 aliphatic carbocycles. The highest BCUT2D eigenvalue weighted by atomic mass is 16.2. The topological polar surface area (TPSA) is 43.9 Å². The van der Waals surface area contributed by atoms with Crippen LogP contribution in [0, 0.1) is 0 Å². The molecule has 1 aromatic rings. The Labute approximate surface area is 176 Å². The van der Waals surface area contributed by atoms with Crippen molar-refractivity contribution in [1.29, 1.82) is 0 Å². The fraction of sp³-hybridized carbons (Fsp3) is 0.667. The second-order valence-electron chi connectivity index (χ2n) is 8.63. The molecular weight excluding hydrogens is 362 g/mol. The van der Waals surface area contributed by atoms with Gasteiger partial charge in [-0.15, -0.1) is 0 Å². The Morgan fingerprint density at radius 1 is 1.07 bits per heavy atom. The second kappa shape index (κ2) is 11.3. The van der Waals surface area contributed by atoms with Gasteiger partial charge < -0.3 is 14.7 Å². The maximum absolute atomic E-state index is 12.8. The van der Waals surface area contributed by atoms with E-state index in [1.54, 1.807) is 0 Å². The Bertz CT molecular complexity index is 649. The fourth-order valence-electron chi connectivity index (χ4n) is 4.59. The van der Waals surface area contributed by atoms with Crippen molar-refractivity contribution in [2.75, 3.05) is 39.8 Å². The van der Waals surface area contributed by atoms with Gasteiger partial charge in [0.05, 0.1) is 0 Å². The van der Waals surface area contributed by atoms with Gasteiger partial charge in [-0.3, -0.25) is 9.59 Å². The number of carbonyl (C=O) groups is 2. The van der Waals surface area contributed by atoms with Crippen LogP contribution in [0.3, 0.4) is 0 Å². The molecule has 2 saturated heterocycles. The predicted molar refractivity (Wildman–Crippen MR) is 117 cm³/mol. The van der Waals surface area contributed by atoms with Gasteiger partial charge in [-0.1, -0.05) is 36.8 Å². The molecule has 0 aromatic heterocycles. The minimum Gasteiger partial charge on any atom is -0.342 e. The van der Waals surface area contributed by atoms with Gasteiger partial charge in [0.25, 0.3) is 0 Å². The second-order valence-corrected chi connectivity index (χ2v) is 8.63. The highest BCUT2D eigenvalue weighted by molar-refractivity contribution is 5.79. The van der Waals surface area contributed by atoms with Crippen LogP contribution >= 0.6 is 0 Å². The van der Waals surface area contributed by atoms with E-state index in [-0.39, 0.29) is 11.8 Å². The molecule has 2 heterocycles. The molecule has 29 heavy (non-hydrogen) atoms. The maximum atomic E-state index is 12.8. The number of hydrogen-bond donors (Lipinski definition) is 0. The summed E-state index contributed by atoms with van der Waals surface area (Å²) in [5.41, 5.74) is 1.40. The number of piperidine rings is 1. The standard InChI is InChI=1S/C24H37N3O2/c1-25(23(28)15-19-27-18-7-3-6-14-24(27)29)22-13-9-17-26(20-22)16-8-12-21-10-4-2-5-11-21/h2,4-5,10-11,22H,3,6-9,12-20H2,1H3. The molecule has 1 aromatic carbocycles. The molecule has 2 aliphatic rings. The average Bonchev–Trinajstić information content (AvgIpc) is 2.96. The largest absolute Gasteiger partial charge is 0.342 e. The van der Waals surface area contributed by atoms with E-state index in [1.807, 2.05) is 16.8 Å². The number of likely N-dealkylation sites (N-methyl/N-ethyl adjacent to an activating group) is 1. The average molecular weight is 400 g/mol. The van der Waals surface area contributed by atoms with Crippen molar-refractivity contribution in [3.8, 4) is 0 Å². The zero-order valence-corrected chi connectivity index (χ0v) is 18.0. The van der Waals surface area contributed by atoms with E-state index >= 15 is 0 Å². The lowest BCUT2D eigenvalue weighted by molar-refractivity contribution is -0.135. The summed E-state index contributed by atoms with van der Waals surface area (Å²) in [6, 6.07) is 11.0. The Kier molecular flexibility index (Phi) is 8.53. The van der Waals surface area contributed by atoms with Crippen LogP contribution in [-0.2, 0) is 16.0 Å². The number of hydrogen-bond acceptors (Lipinski definition) is 3. The number of benzene rings is 1. The molecule has 160 valence electrons. The van der Waals surface area contributed by atoms with Gasteiger partial charge >= 0.3 is 0 Å². The molecule has 2 aliphatic heterocycles. The molecule has 1 unspecified atom stereocenters. The highest BCUT2D eigenvalue weighted by Crippen LogP contribution is 2.17. The van der Waals surface area contributed by atoms with E-state index in [4.69, 9.17) is 0 Å². The zero-order valence-electron chi connectivity index (χ0n) is 18.0. The molecule has 5 nitrogen and oxygen atoms in total. The van der Waals surface area contributed by atoms with Crippen LogP contribution in [0.1, 0.15) is 56.9 Å². The molecule has 5 heteroatoms. The van der Waals surface area contributed by atoms with Crippen LogP contribution in [0.5, 0.6) is 0 Å². The molecule has 0 bridgehead atoms. The lowest BCUT2D eigenvalue weighted by Gasteiger charge is -2.38. The number of amides is 2. The van der Waals surface area contributed by atoms with Gasteiger partial charge in [-0.25, -0.2) is 0 Å². The van der Waals surface area contributed by atoms with Crippen molar-refractivity contribution in [2.45, 2.75) is 63.8 Å². The van der Waals surface area contributed by atoms with E-state index in [1.165, 1.54) is 5.56 Å². The van der Waals surface area contributed by atoms with Crippen molar-refractivity contribution in [3.05, 3.63) is 35.9 Å². The van der Waals surface area contributed by atoms with E-state index in [2.05, 4.69) is 35.2 Å². The van der Waals surface area contributed by atoms with Crippen LogP contribution in [0.2, 0.25) is 0 Å². The van der Waals surface area contributed by atoms with Crippen molar-refractivity contribution >= 4 is 11.8 Å². The fourth-order valence-corrected chi connectivity index (χ4v) is 4.59. The first-order chi connectivity index (χ1) is 14.1. The Hall–Kier alpha value is -1.88. The number of rotatable bonds is 8. The summed E-state index contributed by atoms with van der Waals surface area (Å²) in [6.07, 6.45) is 8.78. The van der Waals surface area contributed by atoms with E-state index < -0.39 is 0 Å². The minimum atomic E-state index is 0.179. The highest BCUT2D eigenvalue weighted by Gasteiger charge is 2.26. The summed E-state index contributed by atoms with van der Waals surface area (Å²) in [5, 5.41) is 0. The van der Waals surface area contributed by atoms with E-state index in [0.717, 1.165) is 71.1 Å². The third kappa shape index (κ3) is 6.84. The van der Waals surface area contributed by atoms with Gasteiger partial charge in [-0.05, 0) is 57.2 Å². The van der Waals surface area contributed by atoms with Gasteiger partial charge in [0.15, 0.2) is 0 Å². The van der Waals surface area contributed by atoms with E-state index in [0.29, 0.717) is 25.4 Å². The molecule has 0 spiro atoms. The molecular formula is C24H37N3O2. The SMILES string of the molecule is CN(C(=O)CCN1CCCCCC1=O)C1CCCN(CCCc2ccccc2)C1. The third-order valence-corrected chi connectivity index (χ3v) is 6.47. The van der Waals surface area contributed by atoms with Crippen LogP contribution in [0.25, 0.3) is 0 Å². The summed E-state index contributed by atoms with van der Waals surface area (Å²) in [4.78, 5) is 31.3. The van der Waals surface area contributed by atoms with Crippen LogP contribution in [0.4, 0.5) is 0 Å². The Balaban J connectivity index is 1.40. The molecule has 0 saturated carbocycles. The number of likely N-dealkylation sites (tertiary alicyclic amines) is 2. The lowest BCUT2D eigenvalue weighted by atomic mass is 10.0. The lowest BCUT2D eigenvalue weighted by Crippen LogP contribution is -2.49. The summed E-state index contributed by atoms with van der Waals surface area (Å²) >= 11 is 0. The first-order valence-corrected chi connectivity index (χ1v) is 11.4. The monoisotopic (exact) mass is 399 g/mol. The summed E-state index contributed by atoms with van der Waals surface area (Å²) in [7, 11) is 1.95. The predicted octanol–water partition coefficient (Wildman–Crippen LogP) is 3.33. The Morgan fingerprint density at radius 2 is 1.90 bits per heavy atom. The molecule has 0 N–H and O–H groups in total. The van der Waals surface area contributed by atoms with Crippen molar-refractivity contribution in [1.82, 2.24) is 14.7 Å². The quantitative estimate of drug-likeness (QED) is 0.673. The number of aryl methyl sites for hydroxylation is 1. The van der Waals surface area contributed by atoms with Gasteiger partial charge in [0.2, 0.25) is 11.8 Å². The molecule has 3 rings (SSSR count). The molecule has 2 amide bonds. The van der Waals surface area contributed by atoms with Crippen LogP contribution < -0.4 is 0 Å². The molecule has 0 radical (unpaired) electrons. The Morgan fingerprint density at radius 3 is 2.72 bits per heavy atom. The zero-order chi connectivity index (χ0) is 20.5. The van der Waals surface area contributed by atoms with Gasteiger partial charge in [0, 0.05) is 45.6 Å². The maximum Gasteiger partial charge on any atom is 0.224 e. The minimum absolute atomic E-state index is 0.179. The number of nitrogens with zero attached hydrogens (tertiary/aromatic N) is 3. The number of carbonyl (C=O) groups excluding carboxylic acids is 2. The summed E-state index contributed by atoms with van der Waals surface area (Å²) in [6.45, 7) is 4.59. The first-order valence-electron chi connectivity index (χ1n) is 11.4.